The molecule has 3 rings (SSSR count). The molecule has 0 aliphatic carbocycles. The zero-order chi connectivity index (χ0) is 17.2. The van der Waals surface area contributed by atoms with Gasteiger partial charge in [-0.05, 0) is 18.2 Å². The van der Waals surface area contributed by atoms with Gasteiger partial charge in [-0.2, -0.15) is 8.42 Å². The number of aromatic nitrogens is 3. The molecule has 0 radical (unpaired) electrons. The van der Waals surface area contributed by atoms with Crippen molar-refractivity contribution in [3.8, 4) is 17.2 Å². The molecule has 1 aromatic carbocycles. The number of ether oxygens (including phenoxy) is 2. The molecule has 0 aliphatic heterocycles. The lowest BCUT2D eigenvalue weighted by molar-refractivity contribution is 0.415. The van der Waals surface area contributed by atoms with Crippen LogP contribution in [0.15, 0.2) is 42.9 Å². The van der Waals surface area contributed by atoms with Crippen molar-refractivity contribution in [1.82, 2.24) is 15.0 Å². The van der Waals surface area contributed by atoms with Crippen LogP contribution in [0, 0.1) is 0 Å². The van der Waals surface area contributed by atoms with Gasteiger partial charge in [0.2, 0.25) is 5.95 Å². The van der Waals surface area contributed by atoms with Gasteiger partial charge < -0.3 is 9.47 Å². The number of nitrogens with two attached hydrogens (primary N) is 1. The highest BCUT2D eigenvalue weighted by molar-refractivity contribution is 7.90. The molecule has 0 amide bonds. The normalized spacial score (nSPS) is 11.2. The van der Waals surface area contributed by atoms with Crippen molar-refractivity contribution in [3.63, 3.8) is 0 Å². The summed E-state index contributed by atoms with van der Waals surface area (Å²) < 4.78 is 34.7. The maximum atomic E-state index is 10.9. The van der Waals surface area contributed by atoms with Crippen molar-refractivity contribution in [3.05, 3.63) is 42.9 Å². The summed E-state index contributed by atoms with van der Waals surface area (Å²) in [5, 5.41) is 5.63. The van der Waals surface area contributed by atoms with E-state index in [4.69, 9.17) is 14.6 Å². The molecule has 10 heteroatoms. The molecule has 0 aliphatic rings. The number of hydrogen-bond donors (Lipinski definition) is 2. The van der Waals surface area contributed by atoms with Crippen molar-refractivity contribution < 1.29 is 17.9 Å². The highest BCUT2D eigenvalue weighted by Gasteiger charge is 2.08. The third kappa shape index (κ3) is 3.67. The Labute approximate surface area is 137 Å². The monoisotopic (exact) mass is 347 g/mol. The van der Waals surface area contributed by atoms with E-state index < -0.39 is 10.2 Å². The quantitative estimate of drug-likeness (QED) is 0.714. The van der Waals surface area contributed by atoms with E-state index in [-0.39, 0.29) is 5.95 Å². The highest BCUT2D eigenvalue weighted by Crippen LogP contribution is 2.30. The first-order chi connectivity index (χ1) is 11.4. The summed E-state index contributed by atoms with van der Waals surface area (Å²) in [6.07, 6.45) is 4.27. The summed E-state index contributed by atoms with van der Waals surface area (Å²) in [6.45, 7) is 0. The van der Waals surface area contributed by atoms with Gasteiger partial charge >= 0.3 is 0 Å². The minimum absolute atomic E-state index is 0.144. The fourth-order valence-corrected chi connectivity index (χ4v) is 2.35. The second-order valence-corrected chi connectivity index (χ2v) is 5.98. The lowest BCUT2D eigenvalue weighted by Crippen LogP contribution is -2.22. The summed E-state index contributed by atoms with van der Waals surface area (Å²) in [6, 6.07) is 7.11. The molecule has 24 heavy (non-hydrogen) atoms. The van der Waals surface area contributed by atoms with Gasteiger partial charge in [0.15, 0.2) is 5.75 Å². The van der Waals surface area contributed by atoms with Crippen LogP contribution in [-0.4, -0.2) is 30.5 Å². The Morgan fingerprint density at radius 2 is 1.83 bits per heavy atom. The third-order valence-corrected chi connectivity index (χ3v) is 3.47. The molecular formula is C14H13N5O4S. The van der Waals surface area contributed by atoms with Crippen LogP contribution >= 0.6 is 0 Å². The molecule has 3 N–H and O–H groups in total. The van der Waals surface area contributed by atoms with Crippen molar-refractivity contribution in [2.45, 2.75) is 0 Å². The second-order valence-electron chi connectivity index (χ2n) is 4.68. The van der Waals surface area contributed by atoms with Gasteiger partial charge in [-0.3, -0.25) is 4.98 Å². The van der Waals surface area contributed by atoms with Gasteiger partial charge in [-0.1, -0.05) is 0 Å². The van der Waals surface area contributed by atoms with E-state index in [1.165, 1.54) is 12.4 Å². The van der Waals surface area contributed by atoms with Crippen LogP contribution in [0.4, 0.5) is 5.95 Å². The molecule has 9 nitrogen and oxygen atoms in total. The van der Waals surface area contributed by atoms with Gasteiger partial charge in [0.25, 0.3) is 10.2 Å². The SMILES string of the molecule is COc1ccc2c(Oc3cnc(NS(N)(=O)=O)nc3)ccnc2c1. The van der Waals surface area contributed by atoms with Crippen molar-refractivity contribution in [2.75, 3.05) is 11.8 Å². The zero-order valence-corrected chi connectivity index (χ0v) is 13.3. The Balaban J connectivity index is 1.87. The zero-order valence-electron chi connectivity index (χ0n) is 12.5. The predicted octanol–water partition coefficient (Wildman–Crippen LogP) is 1.44. The molecule has 0 atom stereocenters. The van der Waals surface area contributed by atoms with Crippen LogP contribution in [-0.2, 0) is 10.2 Å². The average molecular weight is 347 g/mol. The molecule has 0 spiro atoms. The van der Waals surface area contributed by atoms with E-state index in [1.807, 2.05) is 10.8 Å². The van der Waals surface area contributed by atoms with E-state index >= 15 is 0 Å². The number of methoxy groups -OCH3 is 1. The Morgan fingerprint density at radius 1 is 1.08 bits per heavy atom. The van der Waals surface area contributed by atoms with Crippen LogP contribution in [0.5, 0.6) is 17.2 Å². The third-order valence-electron chi connectivity index (χ3n) is 3.00. The summed E-state index contributed by atoms with van der Waals surface area (Å²) in [7, 11) is -2.34. The van der Waals surface area contributed by atoms with Crippen molar-refractivity contribution in [1.29, 1.82) is 0 Å². The van der Waals surface area contributed by atoms with Gasteiger partial charge in [-0.25, -0.2) is 19.8 Å². The average Bonchev–Trinajstić information content (AvgIpc) is 2.55. The topological polar surface area (TPSA) is 129 Å². The van der Waals surface area contributed by atoms with Crippen molar-refractivity contribution >= 4 is 27.1 Å². The summed E-state index contributed by atoms with van der Waals surface area (Å²) in [4.78, 5) is 11.9. The molecule has 124 valence electrons. The number of hydrogen-bond acceptors (Lipinski definition) is 7. The Kier molecular flexibility index (Phi) is 4.15. The number of nitrogens with zero attached hydrogens (tertiary/aromatic N) is 3. The standard InChI is InChI=1S/C14H13N5O4S/c1-22-9-2-3-11-12(6-9)16-5-4-13(11)23-10-7-17-14(18-8-10)19-24(15,20)21/h2-8H,1H3,(H2,15,20,21)(H,17,18,19). The first-order valence-corrected chi connectivity index (χ1v) is 8.22. The number of fused-ring (bicyclic) bond motifs is 1. The molecule has 0 bridgehead atoms. The fraction of sp³-hybridized carbons (Fsp3) is 0.0714. The van der Waals surface area contributed by atoms with Crippen LogP contribution in [0.2, 0.25) is 0 Å². The Bertz CT molecular complexity index is 976. The lowest BCUT2D eigenvalue weighted by atomic mass is 10.2. The largest absolute Gasteiger partial charge is 0.497 e. The van der Waals surface area contributed by atoms with Crippen LogP contribution < -0.4 is 19.3 Å². The number of rotatable bonds is 5. The maximum Gasteiger partial charge on any atom is 0.298 e. The minimum Gasteiger partial charge on any atom is -0.497 e. The molecule has 2 aromatic heterocycles. The van der Waals surface area contributed by atoms with Gasteiger partial charge in [0, 0.05) is 17.6 Å². The number of nitrogens with one attached hydrogen (secondary N) is 1. The molecule has 3 aromatic rings. The fourth-order valence-electron chi connectivity index (χ4n) is 1.99. The smallest absolute Gasteiger partial charge is 0.298 e. The first-order valence-electron chi connectivity index (χ1n) is 6.68. The predicted molar refractivity (Wildman–Crippen MR) is 87.1 cm³/mol. The molecule has 0 unspecified atom stereocenters. The van der Waals surface area contributed by atoms with E-state index in [9.17, 15) is 8.42 Å². The lowest BCUT2D eigenvalue weighted by Gasteiger charge is -2.09. The van der Waals surface area contributed by atoms with Crippen molar-refractivity contribution in [2.24, 2.45) is 5.14 Å². The molecular weight excluding hydrogens is 334 g/mol. The Hall–Kier alpha value is -2.98. The van der Waals surface area contributed by atoms with Crippen LogP contribution in [0.25, 0.3) is 10.9 Å². The molecule has 0 saturated carbocycles. The second kappa shape index (κ2) is 6.26. The van der Waals surface area contributed by atoms with E-state index in [1.54, 1.807) is 31.5 Å². The van der Waals surface area contributed by atoms with E-state index in [0.717, 1.165) is 5.39 Å². The molecule has 0 saturated heterocycles. The molecule has 0 fully saturated rings. The minimum atomic E-state index is -3.92. The molecule has 2 heterocycles. The van der Waals surface area contributed by atoms with E-state index in [2.05, 4.69) is 15.0 Å². The summed E-state index contributed by atoms with van der Waals surface area (Å²) in [5.74, 6) is 1.43. The maximum absolute atomic E-state index is 10.9. The van der Waals surface area contributed by atoms with Gasteiger partial charge in [-0.15, -0.1) is 0 Å². The summed E-state index contributed by atoms with van der Waals surface area (Å²) >= 11 is 0. The van der Waals surface area contributed by atoms with Crippen LogP contribution in [0.3, 0.4) is 0 Å². The van der Waals surface area contributed by atoms with Crippen LogP contribution in [0.1, 0.15) is 0 Å². The van der Waals surface area contributed by atoms with Gasteiger partial charge in [0.1, 0.15) is 11.5 Å². The van der Waals surface area contributed by atoms with Gasteiger partial charge in [0.05, 0.1) is 25.0 Å². The van der Waals surface area contributed by atoms with E-state index in [0.29, 0.717) is 22.8 Å². The Morgan fingerprint density at radius 3 is 2.50 bits per heavy atom. The first kappa shape index (κ1) is 15.9. The summed E-state index contributed by atoms with van der Waals surface area (Å²) in [5.41, 5.74) is 0.709. The number of pyridine rings is 1. The highest BCUT2D eigenvalue weighted by atomic mass is 32.2. The number of anilines is 1. The number of benzene rings is 1.